The van der Waals surface area contributed by atoms with Gasteiger partial charge in [0.2, 0.25) is 5.91 Å². The predicted molar refractivity (Wildman–Crippen MR) is 66.8 cm³/mol. The van der Waals surface area contributed by atoms with Gasteiger partial charge in [-0.25, -0.2) is 4.79 Å². The zero-order chi connectivity index (χ0) is 12.2. The molecule has 1 atom stereocenters. The maximum Gasteiger partial charge on any atom is 0.328 e. The van der Waals surface area contributed by atoms with Crippen molar-refractivity contribution in [1.82, 2.24) is 5.32 Å². The molecule has 1 amide bonds. The quantitative estimate of drug-likeness (QED) is 0.729. The molecule has 0 spiro atoms. The van der Waals surface area contributed by atoms with Crippen LogP contribution in [0.4, 0.5) is 0 Å². The number of carbonyl (C=O) groups excluding carboxylic acids is 2. The van der Waals surface area contributed by atoms with Crippen molar-refractivity contribution < 1.29 is 14.3 Å². The van der Waals surface area contributed by atoms with Crippen LogP contribution in [0, 0.1) is 5.41 Å². The van der Waals surface area contributed by atoms with Gasteiger partial charge in [-0.1, -0.05) is 12.8 Å². The van der Waals surface area contributed by atoms with E-state index in [0.717, 1.165) is 25.7 Å². The van der Waals surface area contributed by atoms with Gasteiger partial charge in [0.1, 0.15) is 6.04 Å². The molecule has 100 valence electrons. The Morgan fingerprint density at radius 1 is 1.41 bits per heavy atom. The molecule has 0 aromatic heterocycles. The number of halogens is 1. The first-order valence-electron chi connectivity index (χ1n) is 5.64. The highest BCUT2D eigenvalue weighted by Gasteiger charge is 2.40. The molecule has 3 N–H and O–H groups in total. The Morgan fingerprint density at radius 3 is 2.35 bits per heavy atom. The van der Waals surface area contributed by atoms with Gasteiger partial charge in [0.25, 0.3) is 0 Å². The first-order valence-corrected chi connectivity index (χ1v) is 5.64. The van der Waals surface area contributed by atoms with Gasteiger partial charge in [-0.05, 0) is 19.8 Å². The summed E-state index contributed by atoms with van der Waals surface area (Å²) < 4.78 is 4.56. The molecule has 1 saturated carbocycles. The Labute approximate surface area is 108 Å². The molecule has 0 saturated heterocycles. The molecule has 6 heteroatoms. The van der Waals surface area contributed by atoms with Crippen molar-refractivity contribution in [2.24, 2.45) is 11.1 Å². The van der Waals surface area contributed by atoms with Gasteiger partial charge < -0.3 is 15.8 Å². The number of methoxy groups -OCH3 is 1. The van der Waals surface area contributed by atoms with Crippen LogP contribution in [-0.2, 0) is 14.3 Å². The van der Waals surface area contributed by atoms with Crippen LogP contribution in [0.5, 0.6) is 0 Å². The van der Waals surface area contributed by atoms with Gasteiger partial charge >= 0.3 is 5.97 Å². The van der Waals surface area contributed by atoms with E-state index in [1.807, 2.05) is 0 Å². The number of amides is 1. The molecular formula is C11H21ClN2O3. The van der Waals surface area contributed by atoms with Crippen LogP contribution in [0.2, 0.25) is 0 Å². The number of nitrogens with two attached hydrogens (primary N) is 1. The largest absolute Gasteiger partial charge is 0.467 e. The zero-order valence-corrected chi connectivity index (χ0v) is 11.1. The second-order valence-corrected chi connectivity index (χ2v) is 4.41. The summed E-state index contributed by atoms with van der Waals surface area (Å²) in [6, 6.07) is -0.610. The molecule has 0 unspecified atom stereocenters. The highest BCUT2D eigenvalue weighted by atomic mass is 35.5. The third kappa shape index (κ3) is 3.57. The van der Waals surface area contributed by atoms with E-state index in [-0.39, 0.29) is 18.3 Å². The molecule has 0 radical (unpaired) electrons. The van der Waals surface area contributed by atoms with Crippen molar-refractivity contribution in [3.05, 3.63) is 0 Å². The lowest BCUT2D eigenvalue weighted by molar-refractivity contribution is -0.146. The van der Waals surface area contributed by atoms with E-state index in [1.54, 1.807) is 6.92 Å². The lowest BCUT2D eigenvalue weighted by atomic mass is 9.85. The number of carbonyl (C=O) groups is 2. The molecule has 1 aliphatic carbocycles. The second-order valence-electron chi connectivity index (χ2n) is 4.41. The SMILES string of the molecule is COC(=O)[C@H](C)NC(=O)C1(CN)CCCC1.Cl. The number of esters is 1. The summed E-state index contributed by atoms with van der Waals surface area (Å²) in [5, 5.41) is 2.67. The van der Waals surface area contributed by atoms with Crippen LogP contribution in [0.3, 0.4) is 0 Å². The average molecular weight is 265 g/mol. The van der Waals surface area contributed by atoms with Crippen molar-refractivity contribution >= 4 is 24.3 Å². The molecule has 1 fully saturated rings. The van der Waals surface area contributed by atoms with Gasteiger partial charge in [-0.3, -0.25) is 4.79 Å². The summed E-state index contributed by atoms with van der Waals surface area (Å²) in [5.74, 6) is -0.552. The van der Waals surface area contributed by atoms with Crippen LogP contribution in [-0.4, -0.2) is 31.6 Å². The Morgan fingerprint density at radius 2 is 1.94 bits per heavy atom. The van der Waals surface area contributed by atoms with Crippen LogP contribution in [0.25, 0.3) is 0 Å². The number of nitrogens with one attached hydrogen (secondary N) is 1. The molecule has 17 heavy (non-hydrogen) atoms. The molecule has 5 nitrogen and oxygen atoms in total. The van der Waals surface area contributed by atoms with Crippen molar-refractivity contribution in [2.45, 2.75) is 38.6 Å². The van der Waals surface area contributed by atoms with Gasteiger partial charge in [-0.15, -0.1) is 12.4 Å². The number of hydrogen-bond donors (Lipinski definition) is 2. The monoisotopic (exact) mass is 264 g/mol. The molecule has 1 aliphatic rings. The fraction of sp³-hybridized carbons (Fsp3) is 0.818. The van der Waals surface area contributed by atoms with E-state index in [1.165, 1.54) is 7.11 Å². The summed E-state index contributed by atoms with van der Waals surface area (Å²) in [6.07, 6.45) is 3.67. The van der Waals surface area contributed by atoms with Crippen molar-refractivity contribution in [3.63, 3.8) is 0 Å². The molecular weight excluding hydrogens is 244 g/mol. The zero-order valence-electron chi connectivity index (χ0n) is 10.3. The summed E-state index contributed by atoms with van der Waals surface area (Å²) in [6.45, 7) is 1.95. The predicted octanol–water partition coefficient (Wildman–Crippen LogP) is 0.605. The second kappa shape index (κ2) is 6.81. The molecule has 0 bridgehead atoms. The Kier molecular flexibility index (Phi) is 6.49. The minimum Gasteiger partial charge on any atom is -0.467 e. The van der Waals surface area contributed by atoms with Gasteiger partial charge in [0.15, 0.2) is 0 Å². The molecule has 0 aromatic carbocycles. The highest BCUT2D eigenvalue weighted by molar-refractivity contribution is 5.88. The summed E-state index contributed by atoms with van der Waals surface area (Å²) in [4.78, 5) is 23.2. The van der Waals surface area contributed by atoms with Gasteiger partial charge in [-0.2, -0.15) is 0 Å². The van der Waals surface area contributed by atoms with E-state index >= 15 is 0 Å². The maximum absolute atomic E-state index is 12.0. The lowest BCUT2D eigenvalue weighted by Crippen LogP contribution is -2.49. The third-order valence-electron chi connectivity index (χ3n) is 3.34. The average Bonchev–Trinajstić information content (AvgIpc) is 2.77. The van der Waals surface area contributed by atoms with Crippen molar-refractivity contribution in [1.29, 1.82) is 0 Å². The van der Waals surface area contributed by atoms with Crippen LogP contribution < -0.4 is 11.1 Å². The highest BCUT2D eigenvalue weighted by Crippen LogP contribution is 2.37. The van der Waals surface area contributed by atoms with Crippen LogP contribution in [0.1, 0.15) is 32.6 Å². The van der Waals surface area contributed by atoms with Crippen LogP contribution in [0.15, 0.2) is 0 Å². The van der Waals surface area contributed by atoms with Gasteiger partial charge in [0.05, 0.1) is 12.5 Å². The van der Waals surface area contributed by atoms with Crippen LogP contribution >= 0.6 is 12.4 Å². The smallest absolute Gasteiger partial charge is 0.328 e. The van der Waals surface area contributed by atoms with Crippen molar-refractivity contribution in [2.75, 3.05) is 13.7 Å². The van der Waals surface area contributed by atoms with E-state index in [4.69, 9.17) is 5.73 Å². The normalized spacial score (nSPS) is 19.0. The Balaban J connectivity index is 0.00000256. The lowest BCUT2D eigenvalue weighted by Gasteiger charge is -2.27. The number of ether oxygens (including phenoxy) is 1. The third-order valence-corrected chi connectivity index (χ3v) is 3.34. The van der Waals surface area contributed by atoms with Crippen molar-refractivity contribution in [3.8, 4) is 0 Å². The molecule has 1 rings (SSSR count). The topological polar surface area (TPSA) is 81.4 Å². The first-order chi connectivity index (χ1) is 7.55. The summed E-state index contributed by atoms with van der Waals surface area (Å²) in [7, 11) is 1.30. The molecule has 0 aromatic rings. The number of hydrogen-bond acceptors (Lipinski definition) is 4. The fourth-order valence-electron chi connectivity index (χ4n) is 2.16. The van der Waals surface area contributed by atoms with E-state index in [9.17, 15) is 9.59 Å². The Bertz CT molecular complexity index is 278. The van der Waals surface area contributed by atoms with E-state index in [2.05, 4.69) is 10.1 Å². The molecule has 0 heterocycles. The number of rotatable bonds is 4. The molecule has 0 aliphatic heterocycles. The Hall–Kier alpha value is -0.810. The maximum atomic E-state index is 12.0. The minimum atomic E-state index is -0.610. The summed E-state index contributed by atoms with van der Waals surface area (Å²) >= 11 is 0. The first kappa shape index (κ1) is 16.2. The minimum absolute atomic E-state index is 0. The van der Waals surface area contributed by atoms with E-state index < -0.39 is 17.4 Å². The fourth-order valence-corrected chi connectivity index (χ4v) is 2.16. The summed E-state index contributed by atoms with van der Waals surface area (Å²) in [5.41, 5.74) is 5.21. The van der Waals surface area contributed by atoms with Gasteiger partial charge in [0, 0.05) is 6.54 Å². The van der Waals surface area contributed by atoms with E-state index in [0.29, 0.717) is 6.54 Å². The standard InChI is InChI=1S/C11H20N2O3.ClH/c1-8(9(14)16-2)13-10(15)11(7-12)5-3-4-6-11;/h8H,3-7,12H2,1-2H3,(H,13,15);1H/t8-;/m0./s1.